The molecule has 5 unspecified atom stereocenters. The van der Waals surface area contributed by atoms with Gasteiger partial charge in [-0.1, -0.05) is 213 Å². The Morgan fingerprint density at radius 2 is 0.678 bits per heavy atom. The number of Topliss-reactive ketones (excluding diaryl/α,β-unsaturated/α-hetero) is 5. The molecular weight excluding hydrogens is 1790 g/mol. The lowest BCUT2D eigenvalue weighted by atomic mass is 9.68. The molecule has 10 aromatic rings. The quantitative estimate of drug-likeness (QED) is 0.0569. The van der Waals surface area contributed by atoms with E-state index in [2.05, 4.69) is 205 Å². The Morgan fingerprint density at radius 3 is 1.12 bits per heavy atom. The summed E-state index contributed by atoms with van der Waals surface area (Å²) in [5.41, 5.74) is 32.7. The largest absolute Gasteiger partial charge is 0.493 e. The van der Waals surface area contributed by atoms with Gasteiger partial charge in [0.15, 0.2) is 51.9 Å². The highest BCUT2D eigenvalue weighted by Gasteiger charge is 2.50. The first-order chi connectivity index (χ1) is 68.7. The summed E-state index contributed by atoms with van der Waals surface area (Å²) < 4.78 is 36.7. The van der Waals surface area contributed by atoms with Gasteiger partial charge in [-0.25, -0.2) is 4.39 Å². The molecule has 6 aliphatic heterocycles. The van der Waals surface area contributed by atoms with Crippen LogP contribution in [-0.4, -0.2) is 141 Å². The molecule has 6 aliphatic carbocycles. The fourth-order valence-electron chi connectivity index (χ4n) is 24.8. The Labute approximate surface area is 841 Å². The van der Waals surface area contributed by atoms with Crippen LogP contribution in [-0.2, 0) is 36.8 Å². The average Bonchev–Trinajstić information content (AvgIpc) is 1.48. The van der Waals surface area contributed by atoms with Crippen LogP contribution < -0.4 is 43.4 Å². The molecule has 0 saturated heterocycles. The van der Waals surface area contributed by atoms with Crippen molar-refractivity contribution in [3.05, 3.63) is 357 Å². The summed E-state index contributed by atoms with van der Waals surface area (Å²) in [5, 5.41) is 48.8. The van der Waals surface area contributed by atoms with Gasteiger partial charge in [0.05, 0.1) is 47.3 Å². The predicted molar refractivity (Wildman–Crippen MR) is 562 cm³/mol. The van der Waals surface area contributed by atoms with Gasteiger partial charge in [0.25, 0.3) is 0 Å². The van der Waals surface area contributed by atoms with E-state index in [1.807, 2.05) is 90.7 Å². The second-order valence-corrected chi connectivity index (χ2v) is 43.7. The molecule has 0 saturated carbocycles. The van der Waals surface area contributed by atoms with Crippen LogP contribution in [0.15, 0.2) is 263 Å². The second-order valence-electron chi connectivity index (χ2n) is 43.7. The number of nitrogens with zero attached hydrogens (tertiary/aromatic N) is 5. The summed E-state index contributed by atoms with van der Waals surface area (Å²) >= 11 is 0. The Balaban J connectivity index is 0.000000118. The first-order valence-corrected chi connectivity index (χ1v) is 51.0. The number of benzene rings is 10. The minimum Gasteiger partial charge on any atom is -0.493 e. The van der Waals surface area contributed by atoms with E-state index in [1.54, 1.807) is 20.3 Å². The lowest BCUT2D eigenvalue weighted by Crippen LogP contribution is -2.41. The summed E-state index contributed by atoms with van der Waals surface area (Å²) in [4.78, 5) is 77.5. The van der Waals surface area contributed by atoms with Gasteiger partial charge in [0.2, 0.25) is 6.79 Å². The number of aryl methyl sites for hydroxylation is 6. The molecule has 143 heavy (non-hydrogen) atoms. The number of aliphatic hydroxyl groups is 5. The predicted octanol–water partition coefficient (Wildman–Crippen LogP) is 22.3. The number of fused-ring (bicyclic) bond motifs is 7. The molecule has 0 aromatic heterocycles. The molecule has 6 heterocycles. The maximum absolute atomic E-state index is 14.2. The molecule has 5 N–H and O–H groups in total. The van der Waals surface area contributed by atoms with Gasteiger partial charge in [-0.2, -0.15) is 0 Å². The fraction of sp³-hybridized carbons (Fsp3) is 0.390. The number of methoxy groups -OCH3 is 2. The van der Waals surface area contributed by atoms with Crippen LogP contribution >= 0.6 is 0 Å². The van der Waals surface area contributed by atoms with E-state index in [0.29, 0.717) is 94.1 Å². The van der Waals surface area contributed by atoms with E-state index in [9.17, 15) is 53.9 Å². The van der Waals surface area contributed by atoms with Gasteiger partial charge in [-0.3, -0.25) is 24.0 Å². The molecule has 19 nitrogen and oxygen atoms in total. The first kappa shape index (κ1) is 100. The van der Waals surface area contributed by atoms with Crippen molar-refractivity contribution < 1.29 is 72.8 Å². The van der Waals surface area contributed by atoms with Crippen molar-refractivity contribution in [3.63, 3.8) is 0 Å². The highest BCUT2D eigenvalue weighted by Crippen LogP contribution is 2.60. The molecule has 22 rings (SSSR count). The molecule has 744 valence electrons. The number of carbonyl (C=O) groups excluding carboxylic acids is 5. The minimum atomic E-state index is -0.390. The van der Waals surface area contributed by atoms with Crippen LogP contribution in [0.3, 0.4) is 0 Å². The topological polar surface area (TPSA) is 240 Å². The number of ketones is 5. The van der Waals surface area contributed by atoms with Gasteiger partial charge in [-0.05, 0) is 239 Å². The zero-order chi connectivity index (χ0) is 101. The van der Waals surface area contributed by atoms with Gasteiger partial charge in [0.1, 0.15) is 5.82 Å². The zero-order valence-corrected chi connectivity index (χ0v) is 85.2. The molecule has 10 aromatic carbocycles. The van der Waals surface area contributed by atoms with E-state index in [0.717, 1.165) is 181 Å². The lowest BCUT2D eigenvalue weighted by molar-refractivity contribution is -0.119. The molecular formula is C123H136FN5O14. The average molecular weight is 1930 g/mol. The van der Waals surface area contributed by atoms with Crippen molar-refractivity contribution in [1.29, 1.82) is 0 Å². The molecule has 0 amide bonds. The molecule has 5 atom stereocenters. The molecule has 0 fully saturated rings. The van der Waals surface area contributed by atoms with E-state index < -0.39 is 5.92 Å². The number of hydrogen-bond donors (Lipinski definition) is 5. The maximum atomic E-state index is 14.2. The minimum absolute atomic E-state index is 0.00505. The summed E-state index contributed by atoms with van der Waals surface area (Å²) in [6.45, 7) is 28.2. The number of rotatable bonds is 17. The molecule has 12 aliphatic rings. The molecule has 0 bridgehead atoms. The highest BCUT2D eigenvalue weighted by atomic mass is 19.1. The van der Waals surface area contributed by atoms with Crippen molar-refractivity contribution in [2.24, 2.45) is 21.7 Å². The summed E-state index contributed by atoms with van der Waals surface area (Å²) in [7, 11) is 3.31. The third kappa shape index (κ3) is 19.8. The molecule has 0 spiro atoms. The third-order valence-electron chi connectivity index (χ3n) is 30.6. The van der Waals surface area contributed by atoms with Crippen LogP contribution in [0.5, 0.6) is 23.0 Å². The van der Waals surface area contributed by atoms with Crippen molar-refractivity contribution in [2.75, 3.05) is 111 Å². The Morgan fingerprint density at radius 1 is 0.322 bits per heavy atom. The summed E-state index contributed by atoms with van der Waals surface area (Å²) in [6.07, 6.45) is 11.1. The third-order valence-corrected chi connectivity index (χ3v) is 30.6. The van der Waals surface area contributed by atoms with Crippen LogP contribution in [0.2, 0.25) is 0 Å². The maximum Gasteiger partial charge on any atom is 0.231 e. The summed E-state index contributed by atoms with van der Waals surface area (Å²) in [5.74, 6) is 2.72. The number of allylic oxidation sites excluding steroid dienone is 10. The van der Waals surface area contributed by atoms with Crippen molar-refractivity contribution in [2.45, 2.75) is 203 Å². The van der Waals surface area contributed by atoms with Crippen LogP contribution in [0.25, 0.3) is 0 Å². The zero-order valence-electron chi connectivity index (χ0n) is 85.2. The number of anilines is 5. The normalized spacial score (nSPS) is 20.9. The standard InChI is InChI=1S/C29H35NO4.C24H24FNO4.2C24H27NO2.C22H23NO2/c1-17-11-20(14-25(33-4)28(17)34-5)26-21-12-18-7-6-8-19(18)13-22(21)30(9-10-31)23-15-29(2,3)16-24(32)27(23)26;1-24(2)11-18-23(19(28)12-24)22(14-4-3-5-15(25)8-14)16-9-20-21(30-13-29-20)10-17(16)26(18)6-7-27;1-16-9-10-19-18(13-16)22(17-7-5-4-6-8-17)23-20(25(19)11-12-26)14-24(2,3)15-21(23)27;1-16-9-10-18-19(13-16)25(11-12-26)20-14-24(2,3)15-21(27)23(20)22(18)17-7-5-4-6-8-17;1-15-10-11-17-19(14-15)23(12-13-24)18-8-5-9-20(25)22(18)21(17)16-6-3-2-4-7-16/h11-14,26,31H,6-10,15-16H2,1-5H3;3-5,8-10,22,27H,6-7,11-13H2,1-2H3;2*4-10,13,22,26H,11-12,14-15H2,1-3H3;2-4,6-7,10-11,14,21,24H,5,8-9,12-13H2,1H3. The van der Waals surface area contributed by atoms with Gasteiger partial charge >= 0.3 is 0 Å². The molecule has 0 radical (unpaired) electrons. The first-order valence-electron chi connectivity index (χ1n) is 51.0. The van der Waals surface area contributed by atoms with Crippen molar-refractivity contribution in [1.82, 2.24) is 0 Å². The number of hydrogen-bond acceptors (Lipinski definition) is 19. The number of carbonyl (C=O) groups is 5. The Kier molecular flexibility index (Phi) is 28.8. The monoisotopic (exact) mass is 1930 g/mol. The van der Waals surface area contributed by atoms with E-state index in [1.165, 1.54) is 56.6 Å². The van der Waals surface area contributed by atoms with Gasteiger partial charge in [0, 0.05) is 185 Å². The van der Waals surface area contributed by atoms with E-state index in [-0.39, 0.29) is 120 Å². The van der Waals surface area contributed by atoms with E-state index >= 15 is 0 Å². The Bertz CT molecular complexity index is 6800. The smallest absolute Gasteiger partial charge is 0.231 e. The van der Waals surface area contributed by atoms with Crippen molar-refractivity contribution in [3.8, 4) is 23.0 Å². The number of β-amino-alcohol motifs (C(OH)–C–C–N with tert-alkyl or cyclic N) is 5. The van der Waals surface area contributed by atoms with Crippen molar-refractivity contribution >= 4 is 57.4 Å². The van der Waals surface area contributed by atoms with E-state index in [4.69, 9.17) is 18.9 Å². The fourth-order valence-corrected chi connectivity index (χ4v) is 24.8. The summed E-state index contributed by atoms with van der Waals surface area (Å²) in [6, 6.07) is 69.5. The SMILES string of the molecule is CC1(C)CC(=O)C2=C(C1)N(CCO)c1cc3c(cc1C2c1cccc(F)c1)OCO3.COc1cc(C2C3=C(CC(C)(C)CC3=O)N(CCO)c3cc4c(cc32)CCC4)cc(C)c1OC.Cc1ccc2c(c1)C(c1ccccc1)C1=C(CC(C)(C)CC1=O)N2CCO.Cc1ccc2c(c1)N(CCO)C1=C(C(=O)CC(C)(C)C1)C2c1ccccc1.Cc1ccc2c(c1)N(CCO)C1=C(C(=O)CCC1)C2c1ccccc1. The van der Waals surface area contributed by atoms with Gasteiger partial charge < -0.3 is 69.0 Å². The number of halogens is 1. The second kappa shape index (κ2) is 41.1. The number of aliphatic hydroxyl groups excluding tert-OH is 5. The number of ether oxygens (including phenoxy) is 4. The lowest BCUT2D eigenvalue weighted by Gasteiger charge is -2.45. The van der Waals surface area contributed by atoms with Crippen LogP contribution in [0, 0.1) is 55.2 Å². The highest BCUT2D eigenvalue weighted by molar-refractivity contribution is 6.06. The molecule has 20 heteroatoms. The van der Waals surface area contributed by atoms with Crippen LogP contribution in [0.1, 0.15) is 251 Å². The Hall–Kier alpha value is -12.8. The van der Waals surface area contributed by atoms with Crippen LogP contribution in [0.4, 0.5) is 32.8 Å². The van der Waals surface area contributed by atoms with Gasteiger partial charge in [-0.15, -0.1) is 0 Å².